The Kier molecular flexibility index (Phi) is 7.35. The summed E-state index contributed by atoms with van der Waals surface area (Å²) in [7, 11) is 1.50. The monoisotopic (exact) mass is 336 g/mol. The number of hydrogen-bond donors (Lipinski definition) is 4. The van der Waals surface area contributed by atoms with E-state index in [2.05, 4.69) is 20.9 Å². The lowest BCUT2D eigenvalue weighted by atomic mass is 10.1. The number of methoxy groups -OCH3 is 1. The Morgan fingerprint density at radius 2 is 2.00 bits per heavy atom. The molecule has 0 heterocycles. The molecule has 0 atom stereocenters. The first-order valence-corrected chi connectivity index (χ1v) is 7.94. The van der Waals surface area contributed by atoms with Gasteiger partial charge in [-0.3, -0.25) is 4.79 Å². The number of aromatic hydroxyl groups is 1. The smallest absolute Gasteiger partial charge is 0.239 e. The molecule has 0 unspecified atom stereocenters. The second-order valence-corrected chi connectivity index (χ2v) is 6.35. The number of carbonyl (C=O) groups is 1. The van der Waals surface area contributed by atoms with Gasteiger partial charge in [0.25, 0.3) is 0 Å². The van der Waals surface area contributed by atoms with Crippen LogP contribution >= 0.6 is 0 Å². The van der Waals surface area contributed by atoms with Gasteiger partial charge in [0.1, 0.15) is 0 Å². The van der Waals surface area contributed by atoms with Crippen LogP contribution in [0, 0.1) is 0 Å². The minimum Gasteiger partial charge on any atom is -0.504 e. The number of guanidine groups is 1. The molecule has 134 valence electrons. The highest BCUT2D eigenvalue weighted by Gasteiger charge is 2.13. The average molecular weight is 336 g/mol. The van der Waals surface area contributed by atoms with E-state index >= 15 is 0 Å². The van der Waals surface area contributed by atoms with Gasteiger partial charge in [-0.05, 0) is 45.4 Å². The Morgan fingerprint density at radius 1 is 1.29 bits per heavy atom. The lowest BCUT2D eigenvalue weighted by Crippen LogP contribution is -2.48. The number of rotatable bonds is 6. The molecule has 0 bridgehead atoms. The second-order valence-electron chi connectivity index (χ2n) is 6.35. The van der Waals surface area contributed by atoms with Gasteiger partial charge in [-0.2, -0.15) is 0 Å². The van der Waals surface area contributed by atoms with Gasteiger partial charge in [0, 0.05) is 12.1 Å². The largest absolute Gasteiger partial charge is 0.504 e. The van der Waals surface area contributed by atoms with Crippen LogP contribution in [0.1, 0.15) is 33.3 Å². The highest BCUT2D eigenvalue weighted by Crippen LogP contribution is 2.26. The van der Waals surface area contributed by atoms with Gasteiger partial charge in [-0.1, -0.05) is 6.07 Å². The van der Waals surface area contributed by atoms with Crippen molar-refractivity contribution in [2.75, 3.05) is 20.2 Å². The van der Waals surface area contributed by atoms with E-state index < -0.39 is 0 Å². The third-order valence-corrected chi connectivity index (χ3v) is 2.94. The number of carbonyl (C=O) groups excluding carboxylic acids is 1. The maximum absolute atomic E-state index is 11.9. The van der Waals surface area contributed by atoms with E-state index in [9.17, 15) is 9.90 Å². The van der Waals surface area contributed by atoms with Crippen molar-refractivity contribution >= 4 is 11.9 Å². The van der Waals surface area contributed by atoms with E-state index in [1.807, 2.05) is 33.8 Å². The first kappa shape index (κ1) is 19.6. The van der Waals surface area contributed by atoms with Crippen molar-refractivity contribution in [3.63, 3.8) is 0 Å². The number of amides is 1. The summed E-state index contributed by atoms with van der Waals surface area (Å²) in [6, 6.07) is 5.13. The lowest BCUT2D eigenvalue weighted by molar-refractivity contribution is -0.121. The van der Waals surface area contributed by atoms with E-state index in [0.717, 1.165) is 5.56 Å². The van der Waals surface area contributed by atoms with Crippen molar-refractivity contribution in [3.8, 4) is 11.5 Å². The van der Waals surface area contributed by atoms with Gasteiger partial charge in [-0.15, -0.1) is 0 Å². The van der Waals surface area contributed by atoms with Crippen LogP contribution in [0.25, 0.3) is 0 Å². The highest BCUT2D eigenvalue weighted by molar-refractivity contribution is 5.86. The van der Waals surface area contributed by atoms with Gasteiger partial charge < -0.3 is 25.8 Å². The molecule has 0 fully saturated rings. The first-order valence-electron chi connectivity index (χ1n) is 7.94. The summed E-state index contributed by atoms with van der Waals surface area (Å²) in [6.45, 7) is 8.93. The van der Waals surface area contributed by atoms with Gasteiger partial charge >= 0.3 is 0 Å². The quantitative estimate of drug-likeness (QED) is 0.465. The molecule has 0 saturated heterocycles. The summed E-state index contributed by atoms with van der Waals surface area (Å²) in [4.78, 5) is 16.3. The molecule has 0 aliphatic rings. The summed E-state index contributed by atoms with van der Waals surface area (Å²) in [5.41, 5.74) is 0.569. The Balaban J connectivity index is 2.65. The summed E-state index contributed by atoms with van der Waals surface area (Å²) < 4.78 is 5.01. The maximum Gasteiger partial charge on any atom is 0.239 e. The molecule has 0 radical (unpaired) electrons. The zero-order valence-corrected chi connectivity index (χ0v) is 15.1. The van der Waals surface area contributed by atoms with Crippen LogP contribution in [0.3, 0.4) is 0 Å². The predicted molar refractivity (Wildman–Crippen MR) is 95.4 cm³/mol. The molecule has 1 aromatic rings. The molecule has 7 heteroatoms. The molecule has 0 saturated carbocycles. The maximum atomic E-state index is 11.9. The van der Waals surface area contributed by atoms with Crippen LogP contribution in [0.15, 0.2) is 23.2 Å². The van der Waals surface area contributed by atoms with Crippen molar-refractivity contribution in [3.05, 3.63) is 23.8 Å². The SMILES string of the molecule is CCNC(=NCc1ccc(OC)c(O)c1)NCC(=O)NC(C)(C)C. The molecule has 0 aliphatic heterocycles. The average Bonchev–Trinajstić information content (AvgIpc) is 2.48. The number of nitrogens with one attached hydrogen (secondary N) is 3. The molecular weight excluding hydrogens is 308 g/mol. The fraction of sp³-hybridized carbons (Fsp3) is 0.529. The fourth-order valence-electron chi connectivity index (χ4n) is 1.97. The van der Waals surface area contributed by atoms with Crippen molar-refractivity contribution < 1.29 is 14.6 Å². The van der Waals surface area contributed by atoms with E-state index in [4.69, 9.17) is 4.74 Å². The molecule has 1 amide bonds. The van der Waals surface area contributed by atoms with Crippen LogP contribution < -0.4 is 20.7 Å². The predicted octanol–water partition coefficient (Wildman–Crippen LogP) is 1.37. The molecule has 7 nitrogen and oxygen atoms in total. The van der Waals surface area contributed by atoms with Crippen molar-refractivity contribution in [2.24, 2.45) is 4.99 Å². The molecule has 1 rings (SSSR count). The number of hydrogen-bond acceptors (Lipinski definition) is 4. The minimum atomic E-state index is -0.269. The molecule has 4 N–H and O–H groups in total. The second kappa shape index (κ2) is 9.00. The topological polar surface area (TPSA) is 95.0 Å². The summed E-state index contributed by atoms with van der Waals surface area (Å²) in [6.07, 6.45) is 0. The third-order valence-electron chi connectivity index (χ3n) is 2.94. The van der Waals surface area contributed by atoms with Gasteiger partial charge in [0.15, 0.2) is 17.5 Å². The normalized spacial score (nSPS) is 11.8. The van der Waals surface area contributed by atoms with Crippen LogP contribution in [-0.4, -0.2) is 42.7 Å². The standard InChI is InChI=1S/C17H28N4O3/c1-6-18-16(20-11-15(23)21-17(2,3)4)19-10-12-7-8-14(24-5)13(22)9-12/h7-9,22H,6,10-11H2,1-5H3,(H,21,23)(H2,18,19,20). The molecule has 0 aliphatic carbocycles. The first-order chi connectivity index (χ1) is 11.2. The Bertz CT molecular complexity index is 580. The third kappa shape index (κ3) is 7.21. The summed E-state index contributed by atoms with van der Waals surface area (Å²) >= 11 is 0. The van der Waals surface area contributed by atoms with Crippen molar-refractivity contribution in [1.29, 1.82) is 0 Å². The van der Waals surface area contributed by atoms with Gasteiger partial charge in [0.05, 0.1) is 20.2 Å². The number of phenolic OH excluding ortho intramolecular Hbond substituents is 1. The number of phenols is 1. The van der Waals surface area contributed by atoms with Crippen LogP contribution in [0.4, 0.5) is 0 Å². The molecule has 0 spiro atoms. The molecule has 24 heavy (non-hydrogen) atoms. The minimum absolute atomic E-state index is 0.0766. The van der Waals surface area contributed by atoms with Crippen molar-refractivity contribution in [2.45, 2.75) is 39.8 Å². The van der Waals surface area contributed by atoms with Gasteiger partial charge in [0.2, 0.25) is 5.91 Å². The zero-order valence-electron chi connectivity index (χ0n) is 15.1. The zero-order chi connectivity index (χ0) is 18.2. The van der Waals surface area contributed by atoms with Crippen LogP contribution in [0.5, 0.6) is 11.5 Å². The summed E-state index contributed by atoms with van der Waals surface area (Å²) in [5, 5.41) is 18.7. The van der Waals surface area contributed by atoms with E-state index in [0.29, 0.717) is 24.8 Å². The number of ether oxygens (including phenoxy) is 1. The molecular formula is C17H28N4O3. The number of aliphatic imine (C=N–C) groups is 1. The van der Waals surface area contributed by atoms with E-state index in [-0.39, 0.29) is 23.7 Å². The Labute approximate surface area is 143 Å². The fourth-order valence-corrected chi connectivity index (χ4v) is 1.97. The van der Waals surface area contributed by atoms with E-state index in [1.54, 1.807) is 12.1 Å². The molecule has 1 aromatic carbocycles. The Hall–Kier alpha value is -2.44. The Morgan fingerprint density at radius 3 is 2.54 bits per heavy atom. The number of nitrogens with zero attached hydrogens (tertiary/aromatic N) is 1. The summed E-state index contributed by atoms with van der Waals surface area (Å²) in [5.74, 6) is 0.936. The highest BCUT2D eigenvalue weighted by atomic mass is 16.5. The van der Waals surface area contributed by atoms with Gasteiger partial charge in [-0.25, -0.2) is 4.99 Å². The van der Waals surface area contributed by atoms with E-state index in [1.165, 1.54) is 7.11 Å². The lowest BCUT2D eigenvalue weighted by Gasteiger charge is -2.21. The number of benzene rings is 1. The van der Waals surface area contributed by atoms with Crippen LogP contribution in [-0.2, 0) is 11.3 Å². The molecule has 0 aromatic heterocycles. The van der Waals surface area contributed by atoms with Crippen molar-refractivity contribution in [1.82, 2.24) is 16.0 Å². The van der Waals surface area contributed by atoms with Crippen LogP contribution in [0.2, 0.25) is 0 Å².